The normalized spacial score (nSPS) is 11.7. The van der Waals surface area contributed by atoms with Crippen LogP contribution in [0.3, 0.4) is 0 Å². The average Bonchev–Trinajstić information content (AvgIpc) is 3.03. The van der Waals surface area contributed by atoms with E-state index in [1.165, 1.54) is 28.0 Å². The van der Waals surface area contributed by atoms with Gasteiger partial charge in [-0.2, -0.15) is 0 Å². The number of thioether (sulfide) groups is 1. The number of rotatable bonds is 7. The van der Waals surface area contributed by atoms with Crippen LogP contribution in [0.1, 0.15) is 12.5 Å². The summed E-state index contributed by atoms with van der Waals surface area (Å²) in [6.07, 6.45) is 0. The minimum Gasteiger partial charge on any atom is -0.363 e. The molecule has 9 heteroatoms. The third-order valence-electron chi connectivity index (χ3n) is 3.34. The lowest BCUT2D eigenvalue weighted by Gasteiger charge is -2.20. The largest absolute Gasteiger partial charge is 0.363 e. The lowest BCUT2D eigenvalue weighted by Crippen LogP contribution is -2.38. The highest BCUT2D eigenvalue weighted by molar-refractivity contribution is 8.02. The van der Waals surface area contributed by atoms with Crippen LogP contribution in [-0.4, -0.2) is 52.8 Å². The molecule has 0 saturated heterocycles. The summed E-state index contributed by atoms with van der Waals surface area (Å²) in [4.78, 5) is 25.9. The second-order valence-electron chi connectivity index (χ2n) is 5.49. The molecule has 1 aromatic carbocycles. The molecule has 2 rings (SSSR count). The molecule has 25 heavy (non-hydrogen) atoms. The van der Waals surface area contributed by atoms with Crippen molar-refractivity contribution in [1.82, 2.24) is 15.1 Å². The Labute approximate surface area is 155 Å². The molecule has 2 amide bonds. The Bertz CT molecular complexity index is 732. The number of hydrogen-bond acceptors (Lipinski definition) is 7. The molecule has 134 valence electrons. The van der Waals surface area contributed by atoms with Gasteiger partial charge in [-0.3, -0.25) is 9.59 Å². The average molecular weight is 380 g/mol. The Morgan fingerprint density at radius 3 is 2.56 bits per heavy atom. The predicted molar refractivity (Wildman–Crippen MR) is 102 cm³/mol. The minimum absolute atomic E-state index is 0.00447. The number of anilines is 2. The van der Waals surface area contributed by atoms with E-state index >= 15 is 0 Å². The zero-order valence-corrected chi connectivity index (χ0v) is 16.2. The van der Waals surface area contributed by atoms with E-state index in [0.717, 1.165) is 5.56 Å². The summed E-state index contributed by atoms with van der Waals surface area (Å²) in [5.41, 5.74) is 1.83. The predicted octanol–water partition coefficient (Wildman–Crippen LogP) is 2.47. The standard InChI is InChI=1S/C16H21N5O2S2/c1-10-5-7-12(8-6-10)18-13(22)9-21(4)14(23)11(2)24-16-20-19-15(17-3)25-16/h5-8,11H,9H2,1-4H3,(H,17,19)(H,18,22)/t11-/m1/s1. The minimum atomic E-state index is -0.352. The van der Waals surface area contributed by atoms with Crippen LogP contribution in [0.15, 0.2) is 28.6 Å². The van der Waals surface area contributed by atoms with Gasteiger partial charge in [-0.15, -0.1) is 10.2 Å². The monoisotopic (exact) mass is 379 g/mol. The van der Waals surface area contributed by atoms with E-state index in [1.54, 1.807) is 21.0 Å². The van der Waals surface area contributed by atoms with E-state index in [-0.39, 0.29) is 23.6 Å². The van der Waals surface area contributed by atoms with E-state index in [0.29, 0.717) is 15.2 Å². The van der Waals surface area contributed by atoms with Crippen LogP contribution < -0.4 is 10.6 Å². The number of aromatic nitrogens is 2. The first-order valence-corrected chi connectivity index (χ1v) is 9.38. The van der Waals surface area contributed by atoms with Gasteiger partial charge in [0, 0.05) is 19.8 Å². The molecule has 0 aliphatic carbocycles. The van der Waals surface area contributed by atoms with Crippen molar-refractivity contribution in [2.45, 2.75) is 23.4 Å². The fraction of sp³-hybridized carbons (Fsp3) is 0.375. The van der Waals surface area contributed by atoms with E-state index in [2.05, 4.69) is 20.8 Å². The number of carbonyl (C=O) groups is 2. The van der Waals surface area contributed by atoms with Crippen molar-refractivity contribution in [3.8, 4) is 0 Å². The number of nitrogens with one attached hydrogen (secondary N) is 2. The van der Waals surface area contributed by atoms with E-state index in [1.807, 2.05) is 31.2 Å². The number of likely N-dealkylation sites (N-methyl/N-ethyl adjacent to an activating group) is 1. The summed E-state index contributed by atoms with van der Waals surface area (Å²) in [6.45, 7) is 3.77. The first-order valence-electron chi connectivity index (χ1n) is 7.68. The molecule has 0 aliphatic rings. The van der Waals surface area contributed by atoms with Gasteiger partial charge in [0.1, 0.15) is 0 Å². The summed E-state index contributed by atoms with van der Waals surface area (Å²) in [6, 6.07) is 7.51. The summed E-state index contributed by atoms with van der Waals surface area (Å²) < 4.78 is 0.711. The van der Waals surface area contributed by atoms with Crippen molar-refractivity contribution in [2.24, 2.45) is 0 Å². The summed E-state index contributed by atoms with van der Waals surface area (Å²) in [7, 11) is 3.39. The van der Waals surface area contributed by atoms with Gasteiger partial charge in [-0.25, -0.2) is 0 Å². The van der Waals surface area contributed by atoms with Crippen LogP contribution in [0.4, 0.5) is 10.8 Å². The molecule has 2 N–H and O–H groups in total. The van der Waals surface area contributed by atoms with Gasteiger partial charge < -0.3 is 15.5 Å². The lowest BCUT2D eigenvalue weighted by molar-refractivity contribution is -0.132. The number of aryl methyl sites for hydroxylation is 1. The molecule has 0 bridgehead atoms. The van der Waals surface area contributed by atoms with Gasteiger partial charge in [0.25, 0.3) is 0 Å². The van der Waals surface area contributed by atoms with Crippen molar-refractivity contribution in [3.05, 3.63) is 29.8 Å². The number of amides is 2. The second-order valence-corrected chi connectivity index (χ2v) is 8.06. The molecular weight excluding hydrogens is 358 g/mol. The first kappa shape index (κ1) is 19.2. The van der Waals surface area contributed by atoms with E-state index in [9.17, 15) is 9.59 Å². The van der Waals surface area contributed by atoms with Crippen LogP contribution in [0.5, 0.6) is 0 Å². The lowest BCUT2D eigenvalue weighted by atomic mass is 10.2. The van der Waals surface area contributed by atoms with Gasteiger partial charge in [-0.1, -0.05) is 40.8 Å². The summed E-state index contributed by atoms with van der Waals surface area (Å²) in [5.74, 6) is -0.365. The molecule has 0 radical (unpaired) electrons. The fourth-order valence-corrected chi connectivity index (χ4v) is 3.97. The maximum atomic E-state index is 12.4. The molecule has 1 aromatic heterocycles. The SMILES string of the molecule is CNc1nnc(S[C@H](C)C(=O)N(C)CC(=O)Nc2ccc(C)cc2)s1. The maximum Gasteiger partial charge on any atom is 0.243 e. The first-order chi connectivity index (χ1) is 11.9. The van der Waals surface area contributed by atoms with Crippen molar-refractivity contribution in [3.63, 3.8) is 0 Å². The third kappa shape index (κ3) is 5.71. The molecule has 0 spiro atoms. The quantitative estimate of drug-likeness (QED) is 0.719. The highest BCUT2D eigenvalue weighted by Crippen LogP contribution is 2.29. The molecule has 7 nitrogen and oxygen atoms in total. The van der Waals surface area contributed by atoms with Crippen molar-refractivity contribution in [2.75, 3.05) is 31.3 Å². The summed E-state index contributed by atoms with van der Waals surface area (Å²) in [5, 5.41) is 14.0. The van der Waals surface area contributed by atoms with Crippen LogP contribution >= 0.6 is 23.1 Å². The van der Waals surface area contributed by atoms with Crippen molar-refractivity contribution < 1.29 is 9.59 Å². The van der Waals surface area contributed by atoms with E-state index < -0.39 is 0 Å². The molecule has 0 fully saturated rings. The molecule has 2 aromatic rings. The van der Waals surface area contributed by atoms with Gasteiger partial charge in [0.05, 0.1) is 11.8 Å². The Morgan fingerprint density at radius 1 is 1.28 bits per heavy atom. The molecule has 1 atom stereocenters. The zero-order chi connectivity index (χ0) is 18.4. The fourth-order valence-electron chi connectivity index (χ4n) is 2.00. The second kappa shape index (κ2) is 8.82. The molecule has 0 aliphatic heterocycles. The molecule has 0 saturated carbocycles. The summed E-state index contributed by atoms with van der Waals surface area (Å²) >= 11 is 2.72. The highest BCUT2D eigenvalue weighted by atomic mass is 32.2. The van der Waals surface area contributed by atoms with Crippen LogP contribution in [-0.2, 0) is 9.59 Å². The van der Waals surface area contributed by atoms with Crippen molar-refractivity contribution in [1.29, 1.82) is 0 Å². The Kier molecular flexibility index (Phi) is 6.77. The van der Waals surface area contributed by atoms with Crippen molar-refractivity contribution >= 4 is 45.7 Å². The van der Waals surface area contributed by atoms with Gasteiger partial charge in [-0.05, 0) is 26.0 Å². The van der Waals surface area contributed by atoms with Gasteiger partial charge >= 0.3 is 0 Å². The Hall–Kier alpha value is -2.13. The van der Waals surface area contributed by atoms with Gasteiger partial charge in [0.2, 0.25) is 16.9 Å². The number of nitrogens with zero attached hydrogens (tertiary/aromatic N) is 3. The maximum absolute atomic E-state index is 12.4. The topological polar surface area (TPSA) is 87.2 Å². The van der Waals surface area contributed by atoms with E-state index in [4.69, 9.17) is 0 Å². The number of hydrogen-bond donors (Lipinski definition) is 2. The zero-order valence-electron chi connectivity index (χ0n) is 14.6. The Morgan fingerprint density at radius 2 is 1.96 bits per heavy atom. The number of carbonyl (C=O) groups excluding carboxylic acids is 2. The highest BCUT2D eigenvalue weighted by Gasteiger charge is 2.22. The molecular formula is C16H21N5O2S2. The molecule has 1 heterocycles. The smallest absolute Gasteiger partial charge is 0.243 e. The van der Waals surface area contributed by atoms with Crippen LogP contribution in [0.25, 0.3) is 0 Å². The van der Waals surface area contributed by atoms with Crippen LogP contribution in [0, 0.1) is 6.92 Å². The number of benzene rings is 1. The molecule has 0 unspecified atom stereocenters. The van der Waals surface area contributed by atoms with Crippen LogP contribution in [0.2, 0.25) is 0 Å². The third-order valence-corrected chi connectivity index (χ3v) is 5.45. The van der Waals surface area contributed by atoms with Gasteiger partial charge in [0.15, 0.2) is 4.34 Å². The Balaban J connectivity index is 1.85.